The minimum atomic E-state index is -0.812. The van der Waals surface area contributed by atoms with E-state index in [1.54, 1.807) is 4.90 Å². The Balaban J connectivity index is 2.95. The van der Waals surface area contributed by atoms with Crippen LogP contribution in [0, 0.1) is 11.6 Å². The molecular formula is C11H17F2N3. The first-order valence-electron chi connectivity index (χ1n) is 5.46. The lowest BCUT2D eigenvalue weighted by atomic mass is 10.3. The zero-order chi connectivity index (χ0) is 12.1. The number of halogens is 2. The fraction of sp³-hybridized carbons (Fsp3) is 0.545. The largest absolute Gasteiger partial charge is 0.381 e. The molecular weight excluding hydrogens is 212 g/mol. The van der Waals surface area contributed by atoms with Crippen molar-refractivity contribution in [1.29, 1.82) is 0 Å². The van der Waals surface area contributed by atoms with Crippen molar-refractivity contribution < 1.29 is 8.78 Å². The summed E-state index contributed by atoms with van der Waals surface area (Å²) in [4.78, 5) is 5.51. The van der Waals surface area contributed by atoms with Gasteiger partial charge in [-0.15, -0.1) is 0 Å². The molecule has 0 saturated carbocycles. The Hall–Kier alpha value is -1.39. The number of hydrogen-bond donors (Lipinski definition) is 1. The average Bonchev–Trinajstić information content (AvgIpc) is 2.26. The van der Waals surface area contributed by atoms with E-state index in [1.807, 2.05) is 6.92 Å². The molecule has 0 aromatic carbocycles. The highest BCUT2D eigenvalue weighted by Gasteiger charge is 2.14. The van der Waals surface area contributed by atoms with Gasteiger partial charge in [-0.25, -0.2) is 13.8 Å². The summed E-state index contributed by atoms with van der Waals surface area (Å²) in [5.74, 6) is -1.60. The molecule has 3 nitrogen and oxygen atoms in total. The zero-order valence-corrected chi connectivity index (χ0v) is 9.63. The van der Waals surface area contributed by atoms with E-state index in [0.29, 0.717) is 13.1 Å². The molecule has 0 spiro atoms. The second-order valence-electron chi connectivity index (χ2n) is 3.59. The van der Waals surface area contributed by atoms with Crippen LogP contribution in [0.15, 0.2) is 6.07 Å². The van der Waals surface area contributed by atoms with Gasteiger partial charge >= 0.3 is 0 Å². The van der Waals surface area contributed by atoms with Crippen molar-refractivity contribution in [3.8, 4) is 0 Å². The van der Waals surface area contributed by atoms with Crippen molar-refractivity contribution in [3.05, 3.63) is 17.7 Å². The van der Waals surface area contributed by atoms with Crippen LogP contribution >= 0.6 is 0 Å². The highest BCUT2D eigenvalue weighted by atomic mass is 19.1. The number of nitrogens with two attached hydrogens (primary N) is 1. The van der Waals surface area contributed by atoms with Crippen LogP contribution in [0.4, 0.5) is 20.4 Å². The summed E-state index contributed by atoms with van der Waals surface area (Å²) in [6.07, 6.45) is 1.95. The molecule has 0 saturated heterocycles. The van der Waals surface area contributed by atoms with E-state index in [2.05, 4.69) is 11.9 Å². The first-order chi connectivity index (χ1) is 7.60. The molecule has 1 heterocycles. The topological polar surface area (TPSA) is 42.2 Å². The molecule has 0 aliphatic rings. The van der Waals surface area contributed by atoms with Crippen LogP contribution in [0.25, 0.3) is 0 Å². The normalized spacial score (nSPS) is 10.5. The number of pyridine rings is 1. The van der Waals surface area contributed by atoms with E-state index < -0.39 is 11.6 Å². The lowest BCUT2D eigenvalue weighted by Gasteiger charge is -2.22. The molecule has 0 fully saturated rings. The van der Waals surface area contributed by atoms with E-state index >= 15 is 0 Å². The van der Waals surface area contributed by atoms with Crippen molar-refractivity contribution in [1.82, 2.24) is 4.98 Å². The number of nitrogen functional groups attached to an aromatic ring is 1. The fourth-order valence-corrected chi connectivity index (χ4v) is 1.46. The first-order valence-corrected chi connectivity index (χ1v) is 5.46. The molecule has 2 N–H and O–H groups in total. The summed E-state index contributed by atoms with van der Waals surface area (Å²) in [7, 11) is 0. The van der Waals surface area contributed by atoms with E-state index in [-0.39, 0.29) is 11.6 Å². The molecule has 0 bridgehead atoms. The second kappa shape index (κ2) is 5.63. The summed E-state index contributed by atoms with van der Waals surface area (Å²) in [6.45, 7) is 5.27. The summed E-state index contributed by atoms with van der Waals surface area (Å²) in [5, 5.41) is 0. The van der Waals surface area contributed by atoms with Crippen molar-refractivity contribution in [2.75, 3.05) is 23.7 Å². The van der Waals surface area contributed by atoms with Crippen LogP contribution < -0.4 is 10.6 Å². The van der Waals surface area contributed by atoms with Crippen LogP contribution in [-0.2, 0) is 0 Å². The van der Waals surface area contributed by atoms with Gasteiger partial charge < -0.3 is 10.6 Å². The van der Waals surface area contributed by atoms with Gasteiger partial charge in [0, 0.05) is 19.2 Å². The van der Waals surface area contributed by atoms with Gasteiger partial charge in [0.05, 0.1) is 0 Å². The molecule has 0 aliphatic heterocycles. The van der Waals surface area contributed by atoms with Crippen molar-refractivity contribution in [2.45, 2.75) is 26.7 Å². The predicted molar refractivity (Wildman–Crippen MR) is 61.4 cm³/mol. The van der Waals surface area contributed by atoms with Gasteiger partial charge in [0.25, 0.3) is 0 Å². The highest BCUT2D eigenvalue weighted by Crippen LogP contribution is 2.20. The van der Waals surface area contributed by atoms with Crippen LogP contribution in [-0.4, -0.2) is 18.1 Å². The lowest BCUT2D eigenvalue weighted by molar-refractivity contribution is 0.569. The third-order valence-electron chi connectivity index (χ3n) is 2.40. The SMILES string of the molecule is CCCCN(CC)c1nc(N)c(F)cc1F. The molecule has 0 amide bonds. The van der Waals surface area contributed by atoms with Gasteiger partial charge in [-0.05, 0) is 13.3 Å². The molecule has 1 rings (SSSR count). The first kappa shape index (κ1) is 12.7. The Labute approximate surface area is 94.3 Å². The Morgan fingerprint density at radius 3 is 2.56 bits per heavy atom. The maximum Gasteiger partial charge on any atom is 0.168 e. The summed E-state index contributed by atoms with van der Waals surface area (Å²) < 4.78 is 26.4. The third-order valence-corrected chi connectivity index (χ3v) is 2.40. The molecule has 0 radical (unpaired) electrons. The number of rotatable bonds is 5. The number of unbranched alkanes of at least 4 members (excludes halogenated alkanes) is 1. The Morgan fingerprint density at radius 1 is 1.31 bits per heavy atom. The Kier molecular flexibility index (Phi) is 4.46. The molecule has 0 aliphatic carbocycles. The maximum absolute atomic E-state index is 13.5. The summed E-state index contributed by atoms with van der Waals surface area (Å²) in [6, 6.07) is 0.784. The monoisotopic (exact) mass is 229 g/mol. The standard InChI is InChI=1S/C11H17F2N3/c1-3-5-6-16(4-2)11-9(13)7-8(12)10(14)15-11/h7H,3-6H2,1-2H3,(H2,14,15). The van der Waals surface area contributed by atoms with Crippen molar-refractivity contribution in [3.63, 3.8) is 0 Å². The van der Waals surface area contributed by atoms with Crippen LogP contribution in [0.2, 0.25) is 0 Å². The van der Waals surface area contributed by atoms with Crippen LogP contribution in [0.3, 0.4) is 0 Å². The molecule has 1 aromatic heterocycles. The second-order valence-corrected chi connectivity index (χ2v) is 3.59. The highest BCUT2D eigenvalue weighted by molar-refractivity contribution is 5.46. The number of nitrogens with zero attached hydrogens (tertiary/aromatic N) is 2. The quantitative estimate of drug-likeness (QED) is 0.843. The predicted octanol–water partition coefficient (Wildman–Crippen LogP) is 2.57. The molecule has 1 aromatic rings. The fourth-order valence-electron chi connectivity index (χ4n) is 1.46. The number of aromatic nitrogens is 1. The van der Waals surface area contributed by atoms with E-state index in [4.69, 9.17) is 5.73 Å². The zero-order valence-electron chi connectivity index (χ0n) is 9.63. The van der Waals surface area contributed by atoms with E-state index in [9.17, 15) is 8.78 Å². The van der Waals surface area contributed by atoms with Gasteiger partial charge in [0.2, 0.25) is 0 Å². The minimum Gasteiger partial charge on any atom is -0.381 e. The summed E-state index contributed by atoms with van der Waals surface area (Å²) >= 11 is 0. The van der Waals surface area contributed by atoms with Gasteiger partial charge in [-0.3, -0.25) is 0 Å². The van der Waals surface area contributed by atoms with Crippen molar-refractivity contribution >= 4 is 11.6 Å². The third kappa shape index (κ3) is 2.81. The maximum atomic E-state index is 13.5. The van der Waals surface area contributed by atoms with Crippen molar-refractivity contribution in [2.24, 2.45) is 0 Å². The lowest BCUT2D eigenvalue weighted by Crippen LogP contribution is -2.26. The molecule has 0 unspecified atom stereocenters. The molecule has 16 heavy (non-hydrogen) atoms. The minimum absolute atomic E-state index is 0.134. The van der Waals surface area contributed by atoms with Gasteiger partial charge in [-0.2, -0.15) is 0 Å². The number of hydrogen-bond acceptors (Lipinski definition) is 3. The van der Waals surface area contributed by atoms with E-state index in [0.717, 1.165) is 18.9 Å². The number of anilines is 2. The van der Waals surface area contributed by atoms with E-state index in [1.165, 1.54) is 0 Å². The smallest absolute Gasteiger partial charge is 0.168 e. The summed E-state index contributed by atoms with van der Waals surface area (Å²) in [5.41, 5.74) is 5.33. The van der Waals surface area contributed by atoms with Gasteiger partial charge in [0.15, 0.2) is 23.3 Å². The molecule has 5 heteroatoms. The molecule has 0 atom stereocenters. The van der Waals surface area contributed by atoms with Crippen LogP contribution in [0.1, 0.15) is 26.7 Å². The average molecular weight is 229 g/mol. The molecule has 90 valence electrons. The van der Waals surface area contributed by atoms with Crippen LogP contribution in [0.5, 0.6) is 0 Å². The Bertz CT molecular complexity index is 355. The van der Waals surface area contributed by atoms with Gasteiger partial charge in [-0.1, -0.05) is 13.3 Å². The Morgan fingerprint density at radius 2 is 2.00 bits per heavy atom. The van der Waals surface area contributed by atoms with Gasteiger partial charge in [0.1, 0.15) is 0 Å².